The van der Waals surface area contributed by atoms with Crippen LogP contribution in [0.4, 0.5) is 0 Å². The third-order valence-electron chi connectivity index (χ3n) is 4.70. The van der Waals surface area contributed by atoms with Gasteiger partial charge in [0.1, 0.15) is 6.04 Å². The highest BCUT2D eigenvalue weighted by Crippen LogP contribution is 2.28. The van der Waals surface area contributed by atoms with Gasteiger partial charge in [0.15, 0.2) is 0 Å². The standard InChI is InChI=1S/C15H26N2O3/c1-20-15(19)13-8-4-5-9-17(13)14(18)10-11-6-2-3-7-12(11)16/h11-13H,2-10,16H2,1H3. The van der Waals surface area contributed by atoms with E-state index in [4.69, 9.17) is 10.5 Å². The van der Waals surface area contributed by atoms with Crippen molar-refractivity contribution < 1.29 is 14.3 Å². The van der Waals surface area contributed by atoms with Gasteiger partial charge < -0.3 is 15.4 Å². The number of hydrogen-bond donors (Lipinski definition) is 1. The second kappa shape index (κ2) is 7.07. The minimum absolute atomic E-state index is 0.0717. The van der Waals surface area contributed by atoms with E-state index in [-0.39, 0.29) is 29.9 Å². The molecule has 0 aromatic rings. The lowest BCUT2D eigenvalue weighted by Gasteiger charge is -2.36. The zero-order chi connectivity index (χ0) is 14.5. The molecular weight excluding hydrogens is 256 g/mol. The summed E-state index contributed by atoms with van der Waals surface area (Å²) in [6, 6.07) is -0.255. The number of carbonyl (C=O) groups is 2. The Bertz CT molecular complexity index is 359. The number of carbonyl (C=O) groups excluding carboxylic acids is 2. The quantitative estimate of drug-likeness (QED) is 0.795. The van der Waals surface area contributed by atoms with E-state index in [0.29, 0.717) is 13.0 Å². The molecule has 1 saturated heterocycles. The Morgan fingerprint density at radius 2 is 1.85 bits per heavy atom. The predicted octanol–water partition coefficient (Wildman–Crippen LogP) is 1.45. The van der Waals surface area contributed by atoms with Gasteiger partial charge in [-0.15, -0.1) is 0 Å². The molecule has 114 valence electrons. The van der Waals surface area contributed by atoms with Gasteiger partial charge in [0.2, 0.25) is 5.91 Å². The molecule has 0 aromatic heterocycles. The van der Waals surface area contributed by atoms with Crippen molar-refractivity contribution >= 4 is 11.9 Å². The van der Waals surface area contributed by atoms with Crippen LogP contribution in [0.2, 0.25) is 0 Å². The first-order valence-electron chi connectivity index (χ1n) is 7.76. The molecular formula is C15H26N2O3. The van der Waals surface area contributed by atoms with Gasteiger partial charge >= 0.3 is 5.97 Å². The third-order valence-corrected chi connectivity index (χ3v) is 4.70. The van der Waals surface area contributed by atoms with Crippen LogP contribution >= 0.6 is 0 Å². The highest BCUT2D eigenvalue weighted by atomic mass is 16.5. The fraction of sp³-hybridized carbons (Fsp3) is 0.867. The first-order valence-corrected chi connectivity index (χ1v) is 7.76. The lowest BCUT2D eigenvalue weighted by molar-refractivity contribution is -0.155. The number of amides is 1. The van der Waals surface area contributed by atoms with Crippen molar-refractivity contribution in [2.75, 3.05) is 13.7 Å². The first-order chi connectivity index (χ1) is 9.63. The molecule has 2 fully saturated rings. The average Bonchev–Trinajstić information content (AvgIpc) is 2.48. The van der Waals surface area contributed by atoms with Crippen molar-refractivity contribution in [1.82, 2.24) is 4.90 Å². The molecule has 1 aliphatic heterocycles. The molecule has 1 heterocycles. The van der Waals surface area contributed by atoms with Crippen molar-refractivity contribution in [3.05, 3.63) is 0 Å². The van der Waals surface area contributed by atoms with Crippen LogP contribution in [-0.2, 0) is 14.3 Å². The number of hydrogen-bond acceptors (Lipinski definition) is 4. The first kappa shape index (κ1) is 15.3. The van der Waals surface area contributed by atoms with E-state index in [1.807, 2.05) is 0 Å². The molecule has 3 unspecified atom stereocenters. The molecule has 2 rings (SSSR count). The average molecular weight is 282 g/mol. The highest BCUT2D eigenvalue weighted by Gasteiger charge is 2.34. The van der Waals surface area contributed by atoms with Crippen LogP contribution in [0.15, 0.2) is 0 Å². The van der Waals surface area contributed by atoms with Crippen LogP contribution in [0.5, 0.6) is 0 Å². The van der Waals surface area contributed by atoms with Gasteiger partial charge in [-0.25, -0.2) is 4.79 Å². The Kier molecular flexibility index (Phi) is 5.40. The monoisotopic (exact) mass is 282 g/mol. The van der Waals surface area contributed by atoms with Crippen molar-refractivity contribution in [3.63, 3.8) is 0 Å². The maximum Gasteiger partial charge on any atom is 0.328 e. The Morgan fingerprint density at radius 3 is 2.55 bits per heavy atom. The fourth-order valence-electron chi connectivity index (χ4n) is 3.44. The van der Waals surface area contributed by atoms with Crippen LogP contribution in [0.1, 0.15) is 51.4 Å². The molecule has 1 saturated carbocycles. The zero-order valence-corrected chi connectivity index (χ0v) is 12.3. The smallest absolute Gasteiger partial charge is 0.328 e. The topological polar surface area (TPSA) is 72.6 Å². The number of methoxy groups -OCH3 is 1. The maximum atomic E-state index is 12.5. The van der Waals surface area contributed by atoms with Gasteiger partial charge in [0.25, 0.3) is 0 Å². The van der Waals surface area contributed by atoms with Gasteiger partial charge in [-0.05, 0) is 38.0 Å². The maximum absolute atomic E-state index is 12.5. The summed E-state index contributed by atoms with van der Waals surface area (Å²) in [5, 5.41) is 0. The van der Waals surface area contributed by atoms with Crippen molar-refractivity contribution in [2.45, 2.75) is 63.5 Å². The summed E-state index contributed by atoms with van der Waals surface area (Å²) < 4.78 is 4.82. The summed E-state index contributed by atoms with van der Waals surface area (Å²) in [6.45, 7) is 0.667. The summed E-state index contributed by atoms with van der Waals surface area (Å²) in [5.41, 5.74) is 6.12. The van der Waals surface area contributed by atoms with Crippen molar-refractivity contribution in [3.8, 4) is 0 Å². The van der Waals surface area contributed by atoms with E-state index < -0.39 is 0 Å². The van der Waals surface area contributed by atoms with Gasteiger partial charge in [-0.1, -0.05) is 12.8 Å². The molecule has 0 spiro atoms. The number of likely N-dealkylation sites (tertiary alicyclic amines) is 1. The molecule has 3 atom stereocenters. The van der Waals surface area contributed by atoms with E-state index in [1.165, 1.54) is 13.5 Å². The third kappa shape index (κ3) is 3.51. The van der Waals surface area contributed by atoms with Gasteiger partial charge in [-0.3, -0.25) is 4.79 Å². The molecule has 1 aliphatic carbocycles. The second-order valence-corrected chi connectivity index (χ2v) is 6.03. The summed E-state index contributed by atoms with van der Waals surface area (Å²) in [7, 11) is 1.39. The molecule has 1 amide bonds. The molecule has 2 N–H and O–H groups in total. The lowest BCUT2D eigenvalue weighted by atomic mass is 9.82. The SMILES string of the molecule is COC(=O)C1CCCCN1C(=O)CC1CCCCC1N. The van der Waals surface area contributed by atoms with Gasteiger partial charge in [-0.2, -0.15) is 0 Å². The molecule has 0 aromatic carbocycles. The Balaban J connectivity index is 1.96. The van der Waals surface area contributed by atoms with Crippen LogP contribution in [0.3, 0.4) is 0 Å². The molecule has 20 heavy (non-hydrogen) atoms. The van der Waals surface area contributed by atoms with E-state index in [1.54, 1.807) is 4.90 Å². The Morgan fingerprint density at radius 1 is 1.15 bits per heavy atom. The summed E-state index contributed by atoms with van der Waals surface area (Å²) in [6.07, 6.45) is 7.51. The van der Waals surface area contributed by atoms with Gasteiger partial charge in [0.05, 0.1) is 7.11 Å². The van der Waals surface area contributed by atoms with E-state index in [0.717, 1.165) is 38.5 Å². The summed E-state index contributed by atoms with van der Waals surface area (Å²) in [4.78, 5) is 26.0. The van der Waals surface area contributed by atoms with E-state index >= 15 is 0 Å². The van der Waals surface area contributed by atoms with E-state index in [9.17, 15) is 9.59 Å². The number of ether oxygens (including phenoxy) is 1. The molecule has 2 aliphatic rings. The molecule has 5 nitrogen and oxygen atoms in total. The minimum atomic E-state index is -0.388. The van der Waals surface area contributed by atoms with Gasteiger partial charge in [0, 0.05) is 19.0 Å². The molecule has 5 heteroatoms. The summed E-state index contributed by atoms with van der Waals surface area (Å²) in [5.74, 6) is 0.0601. The van der Waals surface area contributed by atoms with Crippen LogP contribution in [0.25, 0.3) is 0 Å². The number of nitrogens with zero attached hydrogens (tertiary/aromatic N) is 1. The highest BCUT2D eigenvalue weighted by molar-refractivity contribution is 5.84. The number of rotatable bonds is 3. The van der Waals surface area contributed by atoms with Crippen LogP contribution < -0.4 is 5.73 Å². The van der Waals surface area contributed by atoms with Crippen LogP contribution in [0, 0.1) is 5.92 Å². The minimum Gasteiger partial charge on any atom is -0.467 e. The predicted molar refractivity (Wildman–Crippen MR) is 75.9 cm³/mol. The fourth-order valence-corrected chi connectivity index (χ4v) is 3.44. The summed E-state index contributed by atoms with van der Waals surface area (Å²) >= 11 is 0. The Hall–Kier alpha value is -1.10. The number of piperidine rings is 1. The largest absolute Gasteiger partial charge is 0.467 e. The number of esters is 1. The number of nitrogens with two attached hydrogens (primary N) is 1. The normalized spacial score (nSPS) is 30.9. The lowest BCUT2D eigenvalue weighted by Crippen LogP contribution is -2.49. The second-order valence-electron chi connectivity index (χ2n) is 6.03. The van der Waals surface area contributed by atoms with Crippen molar-refractivity contribution in [2.24, 2.45) is 11.7 Å². The zero-order valence-electron chi connectivity index (χ0n) is 12.3. The molecule has 0 bridgehead atoms. The Labute approximate surface area is 120 Å². The van der Waals surface area contributed by atoms with Crippen LogP contribution in [-0.4, -0.2) is 42.5 Å². The molecule has 0 radical (unpaired) electrons. The van der Waals surface area contributed by atoms with Crippen molar-refractivity contribution in [1.29, 1.82) is 0 Å². The van der Waals surface area contributed by atoms with E-state index in [2.05, 4.69) is 0 Å².